The zero-order valence-corrected chi connectivity index (χ0v) is 17.6. The summed E-state index contributed by atoms with van der Waals surface area (Å²) in [5.41, 5.74) is 0.786. The molecule has 10 nitrogen and oxygen atoms in total. The van der Waals surface area contributed by atoms with E-state index in [1.807, 2.05) is 24.3 Å². The maximum absolute atomic E-state index is 12.3. The second-order valence-corrected chi connectivity index (χ2v) is 8.66. The van der Waals surface area contributed by atoms with Gasteiger partial charge in [0.05, 0.1) is 6.04 Å². The minimum absolute atomic E-state index is 0.124. The fraction of sp³-hybridized carbons (Fsp3) is 0.524. The lowest BCUT2D eigenvalue weighted by atomic mass is 9.85. The van der Waals surface area contributed by atoms with Gasteiger partial charge in [0, 0.05) is 19.1 Å². The number of ether oxygens (including phenoxy) is 1. The molecule has 3 aliphatic heterocycles. The lowest BCUT2D eigenvalue weighted by Crippen LogP contribution is -2.58. The van der Waals surface area contributed by atoms with Crippen molar-refractivity contribution in [2.75, 3.05) is 13.2 Å². The number of imide groups is 1. The van der Waals surface area contributed by atoms with E-state index in [1.165, 1.54) is 0 Å². The molecular weight excluding hydrogens is 402 g/mol. The quantitative estimate of drug-likeness (QED) is 0.513. The number of amides is 6. The first-order valence-corrected chi connectivity index (χ1v) is 10.4. The van der Waals surface area contributed by atoms with Crippen molar-refractivity contribution in [3.63, 3.8) is 0 Å². The highest BCUT2D eigenvalue weighted by Gasteiger charge is 2.45. The van der Waals surface area contributed by atoms with Crippen LogP contribution in [0, 0.1) is 5.92 Å². The second-order valence-electron chi connectivity index (χ2n) is 8.66. The third-order valence-corrected chi connectivity index (χ3v) is 5.90. The minimum Gasteiger partial charge on any atom is -0.358 e. The van der Waals surface area contributed by atoms with Gasteiger partial charge in [-0.1, -0.05) is 24.3 Å². The van der Waals surface area contributed by atoms with Crippen molar-refractivity contribution in [1.82, 2.24) is 26.2 Å². The lowest BCUT2D eigenvalue weighted by molar-refractivity contribution is -0.134. The Morgan fingerprint density at radius 1 is 1.26 bits per heavy atom. The summed E-state index contributed by atoms with van der Waals surface area (Å²) in [6.07, 6.45) is 1.57. The van der Waals surface area contributed by atoms with Gasteiger partial charge in [-0.2, -0.15) is 0 Å². The van der Waals surface area contributed by atoms with Gasteiger partial charge in [-0.15, -0.1) is 0 Å². The normalized spacial score (nSPS) is 27.1. The standard InChI is InChI=1S/C21H27N5O5/c1-21(2)18(28)26(20(30)25-21)11-15(27)22-10-12-5-3-6-13(9-12)16-14-7-4-8-31-17(14)24-19(29)23-16/h3,5-6,9,14,16-17H,4,7-8,10-11H2,1-2H3,(H,22,27)(H,25,30)(H2,23,24,29)/t14-,16-,17-/m0/s1. The minimum atomic E-state index is -1.01. The van der Waals surface area contributed by atoms with Crippen molar-refractivity contribution in [3.8, 4) is 0 Å². The molecule has 3 aliphatic rings. The summed E-state index contributed by atoms with van der Waals surface area (Å²) in [7, 11) is 0. The maximum atomic E-state index is 12.3. The number of rotatable bonds is 5. The Bertz CT molecular complexity index is 917. The number of carbonyl (C=O) groups excluding carboxylic acids is 4. The molecule has 31 heavy (non-hydrogen) atoms. The molecule has 0 saturated carbocycles. The Kier molecular flexibility index (Phi) is 5.57. The molecule has 0 spiro atoms. The lowest BCUT2D eigenvalue weighted by Gasteiger charge is -2.42. The van der Waals surface area contributed by atoms with E-state index in [0.29, 0.717) is 6.61 Å². The number of nitrogens with zero attached hydrogens (tertiary/aromatic N) is 1. The van der Waals surface area contributed by atoms with Crippen molar-refractivity contribution in [2.45, 2.75) is 51.0 Å². The molecule has 4 rings (SSSR count). The monoisotopic (exact) mass is 429 g/mol. The van der Waals surface area contributed by atoms with Gasteiger partial charge in [-0.3, -0.25) is 14.5 Å². The Morgan fingerprint density at radius 2 is 2.06 bits per heavy atom. The van der Waals surface area contributed by atoms with Crippen LogP contribution < -0.4 is 21.3 Å². The third kappa shape index (κ3) is 4.34. The van der Waals surface area contributed by atoms with E-state index >= 15 is 0 Å². The fourth-order valence-electron chi connectivity index (χ4n) is 4.30. The molecule has 0 bridgehead atoms. The van der Waals surface area contributed by atoms with Crippen LogP contribution in [0.4, 0.5) is 9.59 Å². The Labute approximate surface area is 180 Å². The molecule has 0 aromatic heterocycles. The molecule has 0 radical (unpaired) electrons. The van der Waals surface area contributed by atoms with Crippen LogP contribution in [0.1, 0.15) is 43.9 Å². The van der Waals surface area contributed by atoms with Crippen molar-refractivity contribution >= 4 is 23.9 Å². The van der Waals surface area contributed by atoms with Crippen molar-refractivity contribution in [2.24, 2.45) is 5.92 Å². The fourth-order valence-corrected chi connectivity index (χ4v) is 4.30. The molecule has 3 atom stereocenters. The maximum Gasteiger partial charge on any atom is 0.325 e. The van der Waals surface area contributed by atoms with Gasteiger partial charge in [0.1, 0.15) is 18.3 Å². The number of hydrogen-bond donors (Lipinski definition) is 4. The van der Waals surface area contributed by atoms with Crippen molar-refractivity contribution < 1.29 is 23.9 Å². The van der Waals surface area contributed by atoms with Crippen molar-refractivity contribution in [3.05, 3.63) is 35.4 Å². The van der Waals surface area contributed by atoms with Crippen LogP contribution in [-0.4, -0.2) is 53.7 Å². The average molecular weight is 429 g/mol. The molecule has 0 unspecified atom stereocenters. The SMILES string of the molecule is CC1(C)NC(=O)N(CC(=O)NCc2cccc([C@@H]3NC(=O)N[C@H]4OCCC[C@H]43)c2)C1=O. The Balaban J connectivity index is 1.39. The topological polar surface area (TPSA) is 129 Å². The van der Waals surface area contributed by atoms with Crippen molar-refractivity contribution in [1.29, 1.82) is 0 Å². The summed E-state index contributed by atoms with van der Waals surface area (Å²) in [6.45, 7) is 3.73. The largest absolute Gasteiger partial charge is 0.358 e. The summed E-state index contributed by atoms with van der Waals surface area (Å²) < 4.78 is 5.71. The highest BCUT2D eigenvalue weighted by atomic mass is 16.5. The molecule has 3 fully saturated rings. The number of hydrogen-bond acceptors (Lipinski definition) is 5. The van der Waals surface area contributed by atoms with Gasteiger partial charge in [0.25, 0.3) is 5.91 Å². The number of benzene rings is 1. The number of fused-ring (bicyclic) bond motifs is 1. The van der Waals surface area contributed by atoms with Gasteiger partial charge < -0.3 is 26.0 Å². The van der Waals surface area contributed by atoms with E-state index in [9.17, 15) is 19.2 Å². The van der Waals surface area contributed by atoms with Crippen LogP contribution in [0.25, 0.3) is 0 Å². The summed E-state index contributed by atoms with van der Waals surface area (Å²) in [6, 6.07) is 6.63. The Hall–Kier alpha value is -3.14. The van der Waals surface area contributed by atoms with Crippen LogP contribution >= 0.6 is 0 Å². The molecule has 0 aliphatic carbocycles. The van der Waals surface area contributed by atoms with Gasteiger partial charge in [0.15, 0.2) is 0 Å². The molecular formula is C21H27N5O5. The zero-order valence-electron chi connectivity index (χ0n) is 17.6. The van der Waals surface area contributed by atoms with E-state index in [-0.39, 0.29) is 37.3 Å². The van der Waals surface area contributed by atoms with Gasteiger partial charge in [-0.05, 0) is 37.8 Å². The predicted molar refractivity (Wildman–Crippen MR) is 109 cm³/mol. The zero-order chi connectivity index (χ0) is 22.2. The molecule has 3 saturated heterocycles. The molecule has 6 amide bonds. The van der Waals surface area contributed by atoms with Crippen LogP contribution in [0.3, 0.4) is 0 Å². The highest BCUT2D eigenvalue weighted by Crippen LogP contribution is 2.34. The molecule has 4 N–H and O–H groups in total. The first-order chi connectivity index (χ1) is 14.7. The van der Waals surface area contributed by atoms with Gasteiger partial charge in [0.2, 0.25) is 5.91 Å². The van der Waals surface area contributed by atoms with Gasteiger partial charge in [-0.25, -0.2) is 9.59 Å². The highest BCUT2D eigenvalue weighted by molar-refractivity contribution is 6.08. The van der Waals surface area contributed by atoms with E-state index in [4.69, 9.17) is 4.74 Å². The first kappa shape index (κ1) is 21.1. The number of nitrogens with one attached hydrogen (secondary N) is 4. The molecule has 166 valence electrons. The summed E-state index contributed by atoms with van der Waals surface area (Å²) in [5, 5.41) is 11.1. The van der Waals surface area contributed by atoms with E-state index in [2.05, 4.69) is 21.3 Å². The summed E-state index contributed by atoms with van der Waals surface area (Å²) in [4.78, 5) is 49.4. The van der Waals surface area contributed by atoms with Crippen LogP contribution in [0.15, 0.2) is 24.3 Å². The number of carbonyl (C=O) groups is 4. The second kappa shape index (κ2) is 8.18. The van der Waals surface area contributed by atoms with Crippen LogP contribution in [0.2, 0.25) is 0 Å². The molecule has 1 aromatic carbocycles. The van der Waals surface area contributed by atoms with Crippen LogP contribution in [0.5, 0.6) is 0 Å². The Morgan fingerprint density at radius 3 is 2.81 bits per heavy atom. The smallest absolute Gasteiger partial charge is 0.325 e. The molecule has 1 aromatic rings. The third-order valence-electron chi connectivity index (χ3n) is 5.90. The van der Waals surface area contributed by atoms with Gasteiger partial charge >= 0.3 is 12.1 Å². The molecule has 10 heteroatoms. The first-order valence-electron chi connectivity index (χ1n) is 10.4. The average Bonchev–Trinajstić information content (AvgIpc) is 2.93. The summed E-state index contributed by atoms with van der Waals surface area (Å²) >= 11 is 0. The van der Waals surface area contributed by atoms with E-state index < -0.39 is 23.4 Å². The number of urea groups is 2. The van der Waals surface area contributed by atoms with E-state index in [0.717, 1.165) is 28.9 Å². The predicted octanol–water partition coefficient (Wildman–Crippen LogP) is 0.740. The summed E-state index contributed by atoms with van der Waals surface area (Å²) in [5.74, 6) is -0.734. The van der Waals surface area contributed by atoms with Crippen LogP contribution in [-0.2, 0) is 20.9 Å². The molecule has 3 heterocycles. The van der Waals surface area contributed by atoms with E-state index in [1.54, 1.807) is 13.8 Å².